The van der Waals surface area contributed by atoms with Crippen molar-refractivity contribution in [3.05, 3.63) is 35.4 Å². The molecule has 0 bridgehead atoms. The summed E-state index contributed by atoms with van der Waals surface area (Å²) in [6, 6.07) is 8.52. The maximum absolute atomic E-state index is 12.0. The summed E-state index contributed by atoms with van der Waals surface area (Å²) in [5.74, 6) is 0.764. The van der Waals surface area contributed by atoms with E-state index >= 15 is 0 Å². The van der Waals surface area contributed by atoms with Gasteiger partial charge in [-0.2, -0.15) is 0 Å². The molecule has 1 unspecified atom stereocenters. The van der Waals surface area contributed by atoms with Gasteiger partial charge in [0.25, 0.3) is 0 Å². The minimum Gasteiger partial charge on any atom is -0.352 e. The van der Waals surface area contributed by atoms with Gasteiger partial charge in [-0.25, -0.2) is 0 Å². The molecule has 0 aliphatic carbocycles. The highest BCUT2D eigenvalue weighted by Gasteiger charge is 2.28. The van der Waals surface area contributed by atoms with Crippen LogP contribution in [0, 0.1) is 11.8 Å². The van der Waals surface area contributed by atoms with Crippen molar-refractivity contribution in [2.75, 3.05) is 13.1 Å². The van der Waals surface area contributed by atoms with Gasteiger partial charge in [-0.15, -0.1) is 0 Å². The van der Waals surface area contributed by atoms with Crippen LogP contribution in [0.2, 0.25) is 0 Å². The predicted octanol–water partition coefficient (Wildman–Crippen LogP) is 2.46. The van der Waals surface area contributed by atoms with E-state index in [4.69, 9.17) is 0 Å². The zero-order chi connectivity index (χ0) is 14.8. The van der Waals surface area contributed by atoms with E-state index in [9.17, 15) is 4.79 Å². The molecule has 1 aromatic carbocycles. The molecule has 20 heavy (non-hydrogen) atoms. The van der Waals surface area contributed by atoms with Crippen LogP contribution in [-0.2, 0) is 16.8 Å². The summed E-state index contributed by atoms with van der Waals surface area (Å²) in [7, 11) is 0. The van der Waals surface area contributed by atoms with Gasteiger partial charge in [-0.05, 0) is 35.5 Å². The van der Waals surface area contributed by atoms with Crippen molar-refractivity contribution in [3.8, 4) is 0 Å². The second-order valence-electron chi connectivity index (χ2n) is 6.87. The van der Waals surface area contributed by atoms with Crippen LogP contribution in [-0.4, -0.2) is 19.0 Å². The Kier molecular flexibility index (Phi) is 4.48. The highest BCUT2D eigenvalue weighted by molar-refractivity contribution is 5.78. The Morgan fingerprint density at radius 1 is 1.30 bits per heavy atom. The predicted molar refractivity (Wildman–Crippen MR) is 82.5 cm³/mol. The molecular weight excluding hydrogens is 248 g/mol. The van der Waals surface area contributed by atoms with Crippen molar-refractivity contribution >= 4 is 5.91 Å². The minimum absolute atomic E-state index is 0.102. The second-order valence-corrected chi connectivity index (χ2v) is 6.87. The van der Waals surface area contributed by atoms with Crippen LogP contribution in [0.1, 0.15) is 38.8 Å². The van der Waals surface area contributed by atoms with Crippen molar-refractivity contribution in [2.24, 2.45) is 11.8 Å². The zero-order valence-corrected chi connectivity index (χ0v) is 13.0. The average Bonchev–Trinajstić information content (AvgIpc) is 2.33. The third-order valence-electron chi connectivity index (χ3n) is 4.22. The monoisotopic (exact) mass is 274 g/mol. The first kappa shape index (κ1) is 15.0. The summed E-state index contributed by atoms with van der Waals surface area (Å²) in [4.78, 5) is 12.0. The summed E-state index contributed by atoms with van der Waals surface area (Å²) in [6.45, 7) is 11.2. The lowest BCUT2D eigenvalue weighted by atomic mass is 9.86. The van der Waals surface area contributed by atoms with Crippen molar-refractivity contribution in [3.63, 3.8) is 0 Å². The number of hydrogen-bond acceptors (Lipinski definition) is 2. The normalized spacial score (nSPS) is 17.4. The zero-order valence-electron chi connectivity index (χ0n) is 13.0. The Balaban J connectivity index is 1.86. The molecule has 2 N–H and O–H groups in total. The summed E-state index contributed by atoms with van der Waals surface area (Å²) < 4.78 is 0. The molecule has 1 amide bonds. The first-order valence-corrected chi connectivity index (χ1v) is 7.46. The maximum atomic E-state index is 12.0. The summed E-state index contributed by atoms with van der Waals surface area (Å²) >= 11 is 0. The third kappa shape index (κ3) is 3.60. The van der Waals surface area contributed by atoms with Crippen LogP contribution in [0.4, 0.5) is 0 Å². The van der Waals surface area contributed by atoms with Crippen molar-refractivity contribution in [1.82, 2.24) is 10.6 Å². The Bertz CT molecular complexity index is 455. The molecule has 2 rings (SSSR count). The smallest absolute Gasteiger partial charge is 0.223 e. The Morgan fingerprint density at radius 2 is 1.90 bits per heavy atom. The summed E-state index contributed by atoms with van der Waals surface area (Å²) in [5, 5.41) is 6.25. The number of amides is 1. The molecule has 0 radical (unpaired) electrons. The molecule has 3 nitrogen and oxygen atoms in total. The van der Waals surface area contributed by atoms with E-state index < -0.39 is 0 Å². The molecule has 1 aromatic rings. The lowest BCUT2D eigenvalue weighted by Gasteiger charge is -2.31. The third-order valence-corrected chi connectivity index (χ3v) is 4.22. The van der Waals surface area contributed by atoms with Gasteiger partial charge >= 0.3 is 0 Å². The van der Waals surface area contributed by atoms with Crippen molar-refractivity contribution in [1.29, 1.82) is 0 Å². The molecule has 0 spiro atoms. The Hall–Kier alpha value is -1.35. The molecule has 1 aliphatic rings. The fourth-order valence-corrected chi connectivity index (χ4v) is 2.35. The van der Waals surface area contributed by atoms with Gasteiger partial charge in [0.1, 0.15) is 0 Å². The highest BCUT2D eigenvalue weighted by atomic mass is 16.1. The van der Waals surface area contributed by atoms with E-state index in [2.05, 4.69) is 55.7 Å². The maximum Gasteiger partial charge on any atom is 0.223 e. The molecule has 3 heteroatoms. The Morgan fingerprint density at radius 3 is 2.35 bits per heavy atom. The van der Waals surface area contributed by atoms with Crippen LogP contribution < -0.4 is 10.6 Å². The van der Waals surface area contributed by atoms with Crippen LogP contribution in [0.25, 0.3) is 0 Å². The van der Waals surface area contributed by atoms with E-state index in [1.54, 1.807) is 0 Å². The van der Waals surface area contributed by atoms with Crippen LogP contribution in [0.3, 0.4) is 0 Å². The van der Waals surface area contributed by atoms with Gasteiger partial charge in [0.05, 0.1) is 0 Å². The SMILES string of the molecule is CC(C(=O)NCc1ccc(C(C)(C)C)cc1)C1CNC1. The van der Waals surface area contributed by atoms with Crippen LogP contribution in [0.5, 0.6) is 0 Å². The van der Waals surface area contributed by atoms with Gasteiger partial charge in [-0.3, -0.25) is 4.79 Å². The largest absolute Gasteiger partial charge is 0.352 e. The molecule has 110 valence electrons. The molecule has 1 atom stereocenters. The van der Waals surface area contributed by atoms with Gasteiger partial charge in [0.15, 0.2) is 0 Å². The van der Waals surface area contributed by atoms with Gasteiger partial charge in [0.2, 0.25) is 5.91 Å². The number of carbonyl (C=O) groups excluding carboxylic acids is 1. The van der Waals surface area contributed by atoms with E-state index in [0.29, 0.717) is 12.5 Å². The van der Waals surface area contributed by atoms with Gasteiger partial charge in [0, 0.05) is 12.5 Å². The van der Waals surface area contributed by atoms with E-state index in [1.165, 1.54) is 5.56 Å². The number of carbonyl (C=O) groups is 1. The molecule has 0 saturated carbocycles. The van der Waals surface area contributed by atoms with Crippen molar-refractivity contribution in [2.45, 2.75) is 39.7 Å². The first-order chi connectivity index (χ1) is 9.38. The standard InChI is InChI=1S/C17H26N2O/c1-12(14-10-18-11-14)16(20)19-9-13-5-7-15(8-6-13)17(2,3)4/h5-8,12,14,18H,9-11H2,1-4H3,(H,19,20). The number of hydrogen-bond donors (Lipinski definition) is 2. The summed E-state index contributed by atoms with van der Waals surface area (Å²) in [6.07, 6.45) is 0. The van der Waals surface area contributed by atoms with Crippen LogP contribution >= 0.6 is 0 Å². The minimum atomic E-state index is 0.102. The topological polar surface area (TPSA) is 41.1 Å². The second kappa shape index (κ2) is 5.96. The number of nitrogens with one attached hydrogen (secondary N) is 2. The first-order valence-electron chi connectivity index (χ1n) is 7.46. The van der Waals surface area contributed by atoms with Crippen molar-refractivity contribution < 1.29 is 4.79 Å². The molecule has 0 aromatic heterocycles. The molecule has 1 aliphatic heterocycles. The average molecular weight is 274 g/mol. The summed E-state index contributed by atoms with van der Waals surface area (Å²) in [5.41, 5.74) is 2.65. The molecule has 1 fully saturated rings. The van der Waals surface area contributed by atoms with E-state index in [-0.39, 0.29) is 17.2 Å². The Labute approximate surface area is 122 Å². The fraction of sp³-hybridized carbons (Fsp3) is 0.588. The lowest BCUT2D eigenvalue weighted by Crippen LogP contribution is -2.49. The highest BCUT2D eigenvalue weighted by Crippen LogP contribution is 2.22. The lowest BCUT2D eigenvalue weighted by molar-refractivity contribution is -0.126. The quantitative estimate of drug-likeness (QED) is 0.885. The molecule has 1 saturated heterocycles. The van der Waals surface area contributed by atoms with Gasteiger partial charge in [-0.1, -0.05) is 52.0 Å². The molecule has 1 heterocycles. The van der Waals surface area contributed by atoms with Gasteiger partial charge < -0.3 is 10.6 Å². The van der Waals surface area contributed by atoms with E-state index in [0.717, 1.165) is 18.7 Å². The molecular formula is C17H26N2O. The fourth-order valence-electron chi connectivity index (χ4n) is 2.35. The van der Waals surface area contributed by atoms with Crippen LogP contribution in [0.15, 0.2) is 24.3 Å². The number of rotatable bonds is 4. The van der Waals surface area contributed by atoms with E-state index in [1.807, 2.05) is 6.92 Å². The number of benzene rings is 1.